The van der Waals surface area contributed by atoms with Crippen LogP contribution in [0.4, 0.5) is 4.39 Å². The first-order valence-corrected chi connectivity index (χ1v) is 12.5. The lowest BCUT2D eigenvalue weighted by molar-refractivity contribution is -0.142. The zero-order chi connectivity index (χ0) is 25.0. The van der Waals surface area contributed by atoms with E-state index in [9.17, 15) is 18.8 Å². The maximum atomic E-state index is 13.8. The number of nitrogens with zero attached hydrogens (tertiary/aromatic N) is 1. The largest absolute Gasteiger partial charge is 0.359 e. The van der Waals surface area contributed by atoms with Gasteiger partial charge in [-0.3, -0.25) is 14.4 Å². The lowest BCUT2D eigenvalue weighted by atomic mass is 9.74. The third-order valence-electron chi connectivity index (χ3n) is 6.71. The second kappa shape index (κ2) is 8.57. The summed E-state index contributed by atoms with van der Waals surface area (Å²) < 4.78 is 19.5. The minimum Gasteiger partial charge on any atom is -0.359 e. The minimum atomic E-state index is -1.20. The maximum Gasteiger partial charge on any atom is 0.246 e. The lowest BCUT2D eigenvalue weighted by Gasteiger charge is -2.34. The number of hydrogen-bond donors (Lipinski definition) is 2. The highest BCUT2D eigenvalue weighted by Gasteiger charge is 2.72. The van der Waals surface area contributed by atoms with E-state index in [1.54, 1.807) is 29.2 Å². The first-order chi connectivity index (χ1) is 16.6. The fourth-order valence-corrected chi connectivity index (χ4v) is 6.06. The molecular formula is C26H28FN3O4S. The molecule has 5 atom stereocenters. The summed E-state index contributed by atoms with van der Waals surface area (Å²) in [7, 11) is 0. The molecule has 2 N–H and O–H groups in total. The van der Waals surface area contributed by atoms with Crippen molar-refractivity contribution in [1.29, 1.82) is 0 Å². The van der Waals surface area contributed by atoms with Gasteiger partial charge < -0.3 is 20.3 Å². The van der Waals surface area contributed by atoms with Crippen LogP contribution < -0.4 is 10.6 Å². The standard InChI is InChI=1S/C26H28FN3O4S/c1-25(2,3)29-23(32)21-26-11-10-18(34-26)19(22(31)28-13-15-6-8-16(27)9-7-15)20(26)24(33)30(21)14-17-5-4-12-35-17/h4-12,18-21H,13-14H2,1-3H3,(H,28,31)(H,29,32). The van der Waals surface area contributed by atoms with E-state index in [4.69, 9.17) is 4.74 Å². The first kappa shape index (κ1) is 23.7. The summed E-state index contributed by atoms with van der Waals surface area (Å²) >= 11 is 1.51. The summed E-state index contributed by atoms with van der Waals surface area (Å²) in [6.07, 6.45) is 2.99. The van der Waals surface area contributed by atoms with Crippen LogP contribution in [-0.4, -0.2) is 45.9 Å². The Bertz CT molecular complexity index is 1170. The number of rotatable bonds is 6. The van der Waals surface area contributed by atoms with Gasteiger partial charge in [-0.15, -0.1) is 11.3 Å². The number of carbonyl (C=O) groups excluding carboxylic acids is 3. The SMILES string of the molecule is CC(C)(C)NC(=O)C1N(Cc2cccs2)C(=O)C2C(C(=O)NCc3ccc(F)cc3)C3C=CC21O3. The van der Waals surface area contributed by atoms with E-state index in [-0.39, 0.29) is 36.6 Å². The smallest absolute Gasteiger partial charge is 0.246 e. The van der Waals surface area contributed by atoms with Crippen molar-refractivity contribution in [3.8, 4) is 0 Å². The van der Waals surface area contributed by atoms with E-state index < -0.39 is 35.1 Å². The summed E-state index contributed by atoms with van der Waals surface area (Å²) in [5.41, 5.74) is -0.962. The molecule has 4 heterocycles. The molecule has 35 heavy (non-hydrogen) atoms. The Kier molecular flexibility index (Phi) is 5.80. The number of likely N-dealkylation sites (tertiary alicyclic amines) is 1. The van der Waals surface area contributed by atoms with Gasteiger partial charge in [0.05, 0.1) is 24.5 Å². The third-order valence-corrected chi connectivity index (χ3v) is 7.57. The van der Waals surface area contributed by atoms with Crippen LogP contribution in [0.25, 0.3) is 0 Å². The highest BCUT2D eigenvalue weighted by Crippen LogP contribution is 2.55. The molecular weight excluding hydrogens is 469 g/mol. The molecule has 3 amide bonds. The number of amides is 3. The van der Waals surface area contributed by atoms with Crippen molar-refractivity contribution in [2.45, 2.75) is 57.1 Å². The van der Waals surface area contributed by atoms with Crippen LogP contribution in [0.2, 0.25) is 0 Å². The number of halogens is 1. The Labute approximate surface area is 207 Å². The van der Waals surface area contributed by atoms with Crippen molar-refractivity contribution in [2.75, 3.05) is 0 Å². The van der Waals surface area contributed by atoms with Crippen molar-refractivity contribution in [3.05, 3.63) is 70.2 Å². The number of benzene rings is 1. The fraction of sp³-hybridized carbons (Fsp3) is 0.423. The molecule has 1 spiro atoms. The second-order valence-electron chi connectivity index (χ2n) is 10.3. The van der Waals surface area contributed by atoms with Crippen LogP contribution in [0.15, 0.2) is 53.9 Å². The predicted octanol–water partition coefficient (Wildman–Crippen LogP) is 2.77. The van der Waals surface area contributed by atoms with Crippen LogP contribution in [0, 0.1) is 17.7 Å². The van der Waals surface area contributed by atoms with E-state index in [1.807, 2.05) is 38.3 Å². The number of fused-ring (bicyclic) bond motifs is 1. The molecule has 7 nitrogen and oxygen atoms in total. The van der Waals surface area contributed by atoms with Crippen LogP contribution in [0.1, 0.15) is 31.2 Å². The van der Waals surface area contributed by atoms with Crippen molar-refractivity contribution >= 4 is 29.1 Å². The molecule has 184 valence electrons. The van der Waals surface area contributed by atoms with Gasteiger partial charge in [0.25, 0.3) is 0 Å². The maximum absolute atomic E-state index is 13.8. The monoisotopic (exact) mass is 497 g/mol. The van der Waals surface area contributed by atoms with Crippen LogP contribution in [0.5, 0.6) is 0 Å². The lowest BCUT2D eigenvalue weighted by Crippen LogP contribution is -2.57. The van der Waals surface area contributed by atoms with Crippen molar-refractivity contribution < 1.29 is 23.5 Å². The van der Waals surface area contributed by atoms with Gasteiger partial charge >= 0.3 is 0 Å². The van der Waals surface area contributed by atoms with Crippen LogP contribution >= 0.6 is 11.3 Å². The molecule has 0 aliphatic carbocycles. The van der Waals surface area contributed by atoms with E-state index in [0.29, 0.717) is 0 Å². The Morgan fingerprint density at radius 2 is 1.91 bits per heavy atom. The number of thiophene rings is 1. The van der Waals surface area contributed by atoms with Gasteiger partial charge in [-0.1, -0.05) is 30.4 Å². The van der Waals surface area contributed by atoms with Gasteiger partial charge in [-0.05, 0) is 49.9 Å². The molecule has 5 unspecified atom stereocenters. The zero-order valence-corrected chi connectivity index (χ0v) is 20.6. The van der Waals surface area contributed by atoms with Gasteiger partial charge in [-0.2, -0.15) is 0 Å². The Morgan fingerprint density at radius 1 is 1.17 bits per heavy atom. The number of carbonyl (C=O) groups is 3. The molecule has 2 saturated heterocycles. The van der Waals surface area contributed by atoms with Crippen molar-refractivity contribution in [1.82, 2.24) is 15.5 Å². The summed E-state index contributed by atoms with van der Waals surface area (Å²) in [5.74, 6) is -2.80. The molecule has 3 aliphatic rings. The molecule has 2 fully saturated rings. The van der Waals surface area contributed by atoms with Gasteiger partial charge in [-0.25, -0.2) is 4.39 Å². The van der Waals surface area contributed by atoms with E-state index >= 15 is 0 Å². The van der Waals surface area contributed by atoms with Crippen molar-refractivity contribution in [3.63, 3.8) is 0 Å². The summed E-state index contributed by atoms with van der Waals surface area (Å²) in [5, 5.41) is 7.80. The Morgan fingerprint density at radius 3 is 2.57 bits per heavy atom. The second-order valence-corrected chi connectivity index (χ2v) is 11.4. The van der Waals surface area contributed by atoms with Gasteiger partial charge in [0.2, 0.25) is 17.7 Å². The first-order valence-electron chi connectivity index (χ1n) is 11.6. The molecule has 9 heteroatoms. The molecule has 2 aromatic rings. The molecule has 1 aromatic heterocycles. The fourth-order valence-electron chi connectivity index (χ4n) is 5.36. The van der Waals surface area contributed by atoms with E-state index in [2.05, 4.69) is 10.6 Å². The molecule has 0 radical (unpaired) electrons. The molecule has 1 aromatic carbocycles. The summed E-state index contributed by atoms with van der Waals surface area (Å²) in [6, 6.07) is 8.80. The average molecular weight is 498 g/mol. The van der Waals surface area contributed by atoms with Crippen molar-refractivity contribution in [2.24, 2.45) is 11.8 Å². The predicted molar refractivity (Wildman–Crippen MR) is 129 cm³/mol. The minimum absolute atomic E-state index is 0.201. The van der Waals surface area contributed by atoms with Gasteiger partial charge in [0.1, 0.15) is 17.5 Å². The highest BCUT2D eigenvalue weighted by molar-refractivity contribution is 7.09. The van der Waals surface area contributed by atoms with Crippen LogP contribution in [-0.2, 0) is 32.2 Å². The van der Waals surface area contributed by atoms with E-state index in [0.717, 1.165) is 10.4 Å². The average Bonchev–Trinajstić information content (AvgIpc) is 3.55. The summed E-state index contributed by atoms with van der Waals surface area (Å²) in [6.45, 7) is 6.12. The topological polar surface area (TPSA) is 87.7 Å². The molecule has 3 aliphatic heterocycles. The third kappa shape index (κ3) is 4.16. The normalized spacial score (nSPS) is 28.9. The molecule has 0 saturated carbocycles. The van der Waals surface area contributed by atoms with E-state index in [1.165, 1.54) is 23.5 Å². The number of ether oxygens (including phenoxy) is 1. The number of hydrogen-bond acceptors (Lipinski definition) is 5. The zero-order valence-electron chi connectivity index (χ0n) is 19.8. The molecule has 2 bridgehead atoms. The molecule has 5 rings (SSSR count). The van der Waals surface area contributed by atoms with Gasteiger partial charge in [0.15, 0.2) is 0 Å². The van der Waals surface area contributed by atoms with Crippen LogP contribution in [0.3, 0.4) is 0 Å². The highest BCUT2D eigenvalue weighted by atomic mass is 32.1. The Hall–Kier alpha value is -3.04. The Balaban J connectivity index is 1.43. The number of nitrogens with one attached hydrogen (secondary N) is 2. The summed E-state index contributed by atoms with van der Waals surface area (Å²) in [4.78, 5) is 43.2. The quantitative estimate of drug-likeness (QED) is 0.601. The van der Waals surface area contributed by atoms with Gasteiger partial charge in [0, 0.05) is 17.0 Å².